The highest BCUT2D eigenvalue weighted by Gasteiger charge is 2.34. The molecule has 5 heteroatoms. The molecule has 82 valence electrons. The van der Waals surface area contributed by atoms with E-state index in [-0.39, 0.29) is 0 Å². The predicted molar refractivity (Wildman–Crippen MR) is 52.7 cm³/mol. The van der Waals surface area contributed by atoms with E-state index in [1.807, 2.05) is 6.92 Å². The van der Waals surface area contributed by atoms with Crippen molar-refractivity contribution < 1.29 is 14.3 Å². The van der Waals surface area contributed by atoms with Gasteiger partial charge in [0, 0.05) is 7.05 Å². The molecule has 0 aromatic carbocycles. The van der Waals surface area contributed by atoms with E-state index in [1.54, 1.807) is 13.8 Å². The van der Waals surface area contributed by atoms with Crippen LogP contribution in [0.3, 0.4) is 0 Å². The van der Waals surface area contributed by atoms with Crippen molar-refractivity contribution in [3.63, 3.8) is 0 Å². The molecule has 0 spiro atoms. The van der Waals surface area contributed by atoms with Gasteiger partial charge in [0.25, 0.3) is 0 Å². The van der Waals surface area contributed by atoms with Crippen molar-refractivity contribution in [1.29, 1.82) is 0 Å². The van der Waals surface area contributed by atoms with Gasteiger partial charge in [0.05, 0.1) is 6.61 Å². The Morgan fingerprint density at radius 1 is 1.43 bits per heavy atom. The first-order chi connectivity index (χ1) is 6.34. The fourth-order valence-corrected chi connectivity index (χ4v) is 0.680. The van der Waals surface area contributed by atoms with Gasteiger partial charge in [-0.05, 0) is 20.3 Å². The molecule has 0 aromatic rings. The lowest BCUT2D eigenvalue weighted by atomic mass is 10.0. The fourth-order valence-electron chi connectivity index (χ4n) is 0.680. The minimum Gasteiger partial charge on any atom is -0.449 e. The smallest absolute Gasteiger partial charge is 0.410 e. The van der Waals surface area contributed by atoms with E-state index >= 15 is 0 Å². The lowest BCUT2D eigenvalue weighted by Crippen LogP contribution is -2.54. The molecule has 0 aliphatic heterocycles. The minimum absolute atomic E-state index is 0.345. The number of rotatable bonds is 4. The number of primary amides is 1. The van der Waals surface area contributed by atoms with Crippen LogP contribution in [0.5, 0.6) is 0 Å². The van der Waals surface area contributed by atoms with Gasteiger partial charge in [-0.15, -0.1) is 0 Å². The van der Waals surface area contributed by atoms with Gasteiger partial charge in [-0.1, -0.05) is 6.92 Å². The van der Waals surface area contributed by atoms with E-state index < -0.39 is 17.5 Å². The van der Waals surface area contributed by atoms with Crippen molar-refractivity contribution in [3.8, 4) is 0 Å². The number of amides is 2. The van der Waals surface area contributed by atoms with Crippen LogP contribution in [0.25, 0.3) is 0 Å². The summed E-state index contributed by atoms with van der Waals surface area (Å²) in [4.78, 5) is 23.6. The van der Waals surface area contributed by atoms with Gasteiger partial charge in [-0.25, -0.2) is 4.79 Å². The number of carbonyl (C=O) groups excluding carboxylic acids is 2. The van der Waals surface area contributed by atoms with E-state index in [0.29, 0.717) is 6.61 Å². The Hall–Kier alpha value is -1.26. The van der Waals surface area contributed by atoms with Crippen molar-refractivity contribution in [2.75, 3.05) is 13.7 Å². The van der Waals surface area contributed by atoms with Crippen LogP contribution in [0.15, 0.2) is 0 Å². The van der Waals surface area contributed by atoms with E-state index in [1.165, 1.54) is 11.9 Å². The van der Waals surface area contributed by atoms with Crippen LogP contribution in [0.4, 0.5) is 4.79 Å². The van der Waals surface area contributed by atoms with Crippen molar-refractivity contribution in [1.82, 2.24) is 4.90 Å². The minimum atomic E-state index is -1.02. The van der Waals surface area contributed by atoms with E-state index in [4.69, 9.17) is 10.5 Å². The molecule has 14 heavy (non-hydrogen) atoms. The Morgan fingerprint density at radius 3 is 2.29 bits per heavy atom. The predicted octanol–water partition coefficient (Wildman–Crippen LogP) is 0.729. The largest absolute Gasteiger partial charge is 0.449 e. The Bertz CT molecular complexity index is 226. The summed E-state index contributed by atoms with van der Waals surface area (Å²) in [5, 5.41) is 0. The van der Waals surface area contributed by atoms with Crippen LogP contribution in [-0.4, -0.2) is 36.1 Å². The number of nitrogens with zero attached hydrogens (tertiary/aromatic N) is 1. The first-order valence-electron chi connectivity index (χ1n) is 4.54. The maximum Gasteiger partial charge on any atom is 0.410 e. The SMILES string of the molecule is CCCOC(=O)N(C)C(C)(C)C(N)=O. The topological polar surface area (TPSA) is 72.6 Å². The molecule has 0 fully saturated rings. The summed E-state index contributed by atoms with van der Waals surface area (Å²) < 4.78 is 4.87. The number of carbonyl (C=O) groups is 2. The normalized spacial score (nSPS) is 10.9. The Morgan fingerprint density at radius 2 is 1.93 bits per heavy atom. The number of nitrogens with two attached hydrogens (primary N) is 1. The van der Waals surface area contributed by atoms with Gasteiger partial charge >= 0.3 is 6.09 Å². The molecule has 0 atom stereocenters. The van der Waals surface area contributed by atoms with E-state index in [2.05, 4.69) is 0 Å². The third kappa shape index (κ3) is 2.90. The molecule has 0 aromatic heterocycles. The molecule has 2 amide bonds. The van der Waals surface area contributed by atoms with Crippen molar-refractivity contribution in [2.24, 2.45) is 5.73 Å². The molecule has 2 N–H and O–H groups in total. The molecule has 0 saturated heterocycles. The standard InChI is InChI=1S/C9H18N2O3/c1-5-6-14-8(13)11(4)9(2,3)7(10)12/h5-6H2,1-4H3,(H2,10,12). The Labute approximate surface area is 84.2 Å². The molecule has 0 heterocycles. The average molecular weight is 202 g/mol. The van der Waals surface area contributed by atoms with Gasteiger partial charge in [-0.3, -0.25) is 9.69 Å². The summed E-state index contributed by atoms with van der Waals surface area (Å²) in [5.41, 5.74) is 4.13. The third-order valence-electron chi connectivity index (χ3n) is 2.15. The van der Waals surface area contributed by atoms with Crippen molar-refractivity contribution >= 4 is 12.0 Å². The summed E-state index contributed by atoms with van der Waals surface area (Å²) in [6.45, 7) is 5.38. The molecule has 0 aliphatic rings. The molecule has 0 radical (unpaired) electrons. The zero-order valence-corrected chi connectivity index (χ0v) is 9.16. The van der Waals surface area contributed by atoms with Crippen molar-refractivity contribution in [2.45, 2.75) is 32.7 Å². The lowest BCUT2D eigenvalue weighted by molar-refractivity contribution is -0.126. The van der Waals surface area contributed by atoms with Crippen LogP contribution in [0.1, 0.15) is 27.2 Å². The molecular weight excluding hydrogens is 184 g/mol. The molecule has 0 saturated carbocycles. The van der Waals surface area contributed by atoms with Crippen LogP contribution in [0.2, 0.25) is 0 Å². The molecule has 0 bridgehead atoms. The number of hydrogen-bond donors (Lipinski definition) is 1. The quantitative estimate of drug-likeness (QED) is 0.730. The van der Waals surface area contributed by atoms with Gasteiger partial charge in [0.1, 0.15) is 5.54 Å². The molecule has 0 unspecified atom stereocenters. The number of hydrogen-bond acceptors (Lipinski definition) is 3. The zero-order chi connectivity index (χ0) is 11.4. The van der Waals surface area contributed by atoms with Gasteiger partial charge in [0.15, 0.2) is 0 Å². The second-order valence-corrected chi connectivity index (χ2v) is 3.60. The third-order valence-corrected chi connectivity index (χ3v) is 2.15. The van der Waals surface area contributed by atoms with Gasteiger partial charge in [-0.2, -0.15) is 0 Å². The van der Waals surface area contributed by atoms with Crippen molar-refractivity contribution in [3.05, 3.63) is 0 Å². The summed E-state index contributed by atoms with van der Waals surface area (Å²) in [6.07, 6.45) is 0.215. The molecular formula is C9H18N2O3. The molecule has 0 aliphatic carbocycles. The summed E-state index contributed by atoms with van der Waals surface area (Å²) in [6, 6.07) is 0. The average Bonchev–Trinajstić information content (AvgIpc) is 2.12. The Balaban J connectivity index is 4.37. The summed E-state index contributed by atoms with van der Waals surface area (Å²) in [7, 11) is 1.49. The highest BCUT2D eigenvalue weighted by Crippen LogP contribution is 2.12. The van der Waals surface area contributed by atoms with Gasteiger partial charge in [0.2, 0.25) is 5.91 Å². The zero-order valence-electron chi connectivity index (χ0n) is 9.16. The maximum atomic E-state index is 11.3. The van der Waals surface area contributed by atoms with E-state index in [9.17, 15) is 9.59 Å². The lowest BCUT2D eigenvalue weighted by Gasteiger charge is -2.31. The maximum absolute atomic E-state index is 11.3. The number of likely N-dealkylation sites (N-methyl/N-ethyl adjacent to an activating group) is 1. The summed E-state index contributed by atoms with van der Waals surface area (Å²) in [5.74, 6) is -0.562. The second kappa shape index (κ2) is 4.83. The second-order valence-electron chi connectivity index (χ2n) is 3.60. The highest BCUT2D eigenvalue weighted by molar-refractivity contribution is 5.87. The number of ether oxygens (including phenoxy) is 1. The molecule has 5 nitrogen and oxygen atoms in total. The molecule has 0 rings (SSSR count). The van der Waals surface area contributed by atoms with Crippen LogP contribution >= 0.6 is 0 Å². The van der Waals surface area contributed by atoms with Crippen LogP contribution in [-0.2, 0) is 9.53 Å². The van der Waals surface area contributed by atoms with Crippen LogP contribution in [0, 0.1) is 0 Å². The first-order valence-corrected chi connectivity index (χ1v) is 4.54. The van der Waals surface area contributed by atoms with Gasteiger partial charge < -0.3 is 10.5 Å². The Kier molecular flexibility index (Phi) is 4.40. The highest BCUT2D eigenvalue weighted by atomic mass is 16.6. The fraction of sp³-hybridized carbons (Fsp3) is 0.778. The van der Waals surface area contributed by atoms with E-state index in [0.717, 1.165) is 6.42 Å². The van der Waals surface area contributed by atoms with Crippen LogP contribution < -0.4 is 5.73 Å². The monoisotopic (exact) mass is 202 g/mol. The summed E-state index contributed by atoms with van der Waals surface area (Å²) >= 11 is 0. The first kappa shape index (κ1) is 12.7.